The van der Waals surface area contributed by atoms with Crippen LogP contribution in [0.3, 0.4) is 0 Å². The van der Waals surface area contributed by atoms with Gasteiger partial charge < -0.3 is 4.74 Å². The molecule has 0 fully saturated rings. The lowest BCUT2D eigenvalue weighted by Crippen LogP contribution is -2.89. The summed E-state index contributed by atoms with van der Waals surface area (Å²) < 4.78 is 13.9. The van der Waals surface area contributed by atoms with E-state index in [1.165, 1.54) is 44.1 Å². The number of ether oxygens (including phenoxy) is 1. The number of nitrogens with zero attached hydrogens (tertiary/aromatic N) is 7. The van der Waals surface area contributed by atoms with E-state index in [0.29, 0.717) is 5.88 Å². The number of benzene rings is 3. The maximum Gasteiger partial charge on any atom is 0.439 e. The summed E-state index contributed by atoms with van der Waals surface area (Å²) in [6, 6.07) is 37.5. The van der Waals surface area contributed by atoms with Crippen LogP contribution in [-0.4, -0.2) is 19.4 Å². The summed E-state index contributed by atoms with van der Waals surface area (Å²) in [5.41, 5.74) is 14.4. The average molecular weight is 593 g/mol. The molecule has 5 aliphatic rings. The van der Waals surface area contributed by atoms with Crippen molar-refractivity contribution in [3.8, 4) is 40.0 Å². The van der Waals surface area contributed by atoms with Crippen LogP contribution in [0, 0.1) is 6.92 Å². The van der Waals surface area contributed by atoms with E-state index in [2.05, 4.69) is 135 Å². The van der Waals surface area contributed by atoms with Crippen molar-refractivity contribution in [2.24, 2.45) is 0 Å². The van der Waals surface area contributed by atoms with Gasteiger partial charge in [-0.1, -0.05) is 60.7 Å². The Bertz CT molecular complexity index is 2780. The first-order valence-corrected chi connectivity index (χ1v) is 15.7. The maximum absolute atomic E-state index is 6.77. The molecule has 13 rings (SSSR count). The van der Waals surface area contributed by atoms with Crippen LogP contribution in [0.25, 0.3) is 50.1 Å². The Morgan fingerprint density at radius 1 is 0.783 bits per heavy atom. The number of pyridine rings is 3. The fourth-order valence-corrected chi connectivity index (χ4v) is 9.65. The summed E-state index contributed by atoms with van der Waals surface area (Å²) in [5.74, 6) is 1.31. The molecule has 8 aromatic rings. The fourth-order valence-electron chi connectivity index (χ4n) is 9.65. The maximum atomic E-state index is 6.77. The molecule has 1 unspecified atom stereocenters. The monoisotopic (exact) mass is 592 g/mol. The van der Waals surface area contributed by atoms with Crippen LogP contribution in [0.5, 0.6) is 11.8 Å². The zero-order valence-electron chi connectivity index (χ0n) is 24.5. The van der Waals surface area contributed by atoms with Crippen LogP contribution in [0.15, 0.2) is 116 Å². The van der Waals surface area contributed by atoms with E-state index in [0.717, 1.165) is 45.5 Å². The summed E-state index contributed by atoms with van der Waals surface area (Å²) in [6.07, 6.45) is 4.26. The molecule has 8 nitrogen and oxygen atoms in total. The van der Waals surface area contributed by atoms with Crippen LogP contribution in [-0.2, 0) is 5.41 Å². The Balaban J connectivity index is 1.36. The number of fused-ring (bicyclic) bond motifs is 10. The minimum absolute atomic E-state index is 0.141. The summed E-state index contributed by atoms with van der Waals surface area (Å²) >= 11 is 0. The van der Waals surface area contributed by atoms with Gasteiger partial charge in [-0.05, 0) is 59.5 Å². The first kappa shape index (κ1) is 22.4. The first-order valence-electron chi connectivity index (χ1n) is 15.7. The van der Waals surface area contributed by atoms with Gasteiger partial charge in [-0.2, -0.15) is 4.57 Å². The summed E-state index contributed by atoms with van der Waals surface area (Å²) in [7, 11) is 0. The second kappa shape index (κ2) is 6.75. The van der Waals surface area contributed by atoms with Gasteiger partial charge in [-0.3, -0.25) is 0 Å². The number of hydrogen-bond donors (Lipinski definition) is 0. The topological polar surface area (TPSA) is 52.6 Å². The lowest BCUT2D eigenvalue weighted by Gasteiger charge is -2.38. The Morgan fingerprint density at radius 3 is 2.39 bits per heavy atom. The molecule has 46 heavy (non-hydrogen) atoms. The highest BCUT2D eigenvalue weighted by Crippen LogP contribution is 2.63. The quantitative estimate of drug-likeness (QED) is 0.160. The van der Waals surface area contributed by atoms with E-state index in [1.54, 1.807) is 0 Å². The van der Waals surface area contributed by atoms with Crippen molar-refractivity contribution in [2.75, 3.05) is 0 Å². The molecule has 1 atom stereocenters. The molecule has 0 N–H and O–H groups in total. The van der Waals surface area contributed by atoms with Crippen molar-refractivity contribution in [3.63, 3.8) is 0 Å². The summed E-state index contributed by atoms with van der Waals surface area (Å²) in [6.45, 7) is 2.07. The molecule has 5 aromatic heterocycles. The van der Waals surface area contributed by atoms with Crippen molar-refractivity contribution in [2.45, 2.75) is 12.3 Å². The molecule has 9 heterocycles. The van der Waals surface area contributed by atoms with Crippen molar-refractivity contribution in [1.82, 2.24) is 24.3 Å². The van der Waals surface area contributed by atoms with Crippen LogP contribution >= 0.6 is 0 Å². The normalized spacial score (nSPS) is 18.5. The van der Waals surface area contributed by atoms with E-state index in [1.807, 2.05) is 6.07 Å². The highest BCUT2D eigenvalue weighted by Gasteiger charge is 2.73. The van der Waals surface area contributed by atoms with Gasteiger partial charge >= 0.3 is 28.8 Å². The van der Waals surface area contributed by atoms with Crippen LogP contribution in [0.2, 0.25) is 0 Å². The van der Waals surface area contributed by atoms with Crippen molar-refractivity contribution in [1.29, 1.82) is 0 Å². The molecular weight excluding hydrogens is 570 g/mol. The van der Waals surface area contributed by atoms with Crippen molar-refractivity contribution >= 4 is 27.6 Å². The lowest BCUT2D eigenvalue weighted by molar-refractivity contribution is -1.05. The van der Waals surface area contributed by atoms with Crippen molar-refractivity contribution in [3.05, 3.63) is 143 Å². The predicted molar refractivity (Wildman–Crippen MR) is 170 cm³/mol. The van der Waals surface area contributed by atoms with Gasteiger partial charge in [0, 0.05) is 38.2 Å². The third-order valence-electron chi connectivity index (χ3n) is 11.0. The smallest absolute Gasteiger partial charge is 0.375 e. The van der Waals surface area contributed by atoms with Gasteiger partial charge in [0.25, 0.3) is 0 Å². The molecule has 8 heteroatoms. The Morgan fingerprint density at radius 2 is 1.54 bits per heavy atom. The molecule has 0 saturated heterocycles. The second-order valence-electron chi connectivity index (χ2n) is 12.9. The van der Waals surface area contributed by atoms with Crippen molar-refractivity contribution < 1.29 is 14.1 Å². The Kier molecular flexibility index (Phi) is 3.29. The number of rotatable bonds is 0. The number of aromatic nitrogens is 6. The number of quaternary nitrogens is 1. The summed E-state index contributed by atoms with van der Waals surface area (Å²) in [4.78, 5) is 7.53. The second-order valence-corrected chi connectivity index (χ2v) is 12.9. The number of para-hydroxylation sites is 1. The molecule has 1 aliphatic carbocycles. The summed E-state index contributed by atoms with van der Waals surface area (Å²) in [5, 5.41) is 7.65. The minimum Gasteiger partial charge on any atom is -0.375 e. The van der Waals surface area contributed by atoms with E-state index >= 15 is 0 Å². The van der Waals surface area contributed by atoms with E-state index in [9.17, 15) is 0 Å². The fraction of sp³-hybridized carbons (Fsp3) is 0.0526. The highest BCUT2D eigenvalue weighted by molar-refractivity contribution is 6.12. The average Bonchev–Trinajstić information content (AvgIpc) is 3.81. The molecule has 212 valence electrons. The highest BCUT2D eigenvalue weighted by atomic mass is 16.5. The molecule has 2 spiro atoms. The molecule has 4 aliphatic heterocycles. The van der Waals surface area contributed by atoms with Crippen LogP contribution in [0.4, 0.5) is 5.69 Å². The van der Waals surface area contributed by atoms with Gasteiger partial charge in [-0.25, -0.2) is 4.98 Å². The van der Waals surface area contributed by atoms with Gasteiger partial charge in [0.05, 0.1) is 22.6 Å². The first-order chi connectivity index (χ1) is 22.7. The van der Waals surface area contributed by atoms with Gasteiger partial charge in [0.1, 0.15) is 10.2 Å². The number of hydrogen-bond acceptors (Lipinski definition) is 3. The third-order valence-corrected chi connectivity index (χ3v) is 11.0. The lowest BCUT2D eigenvalue weighted by atomic mass is 9.65. The molecular formula is C38H22N7O+3. The predicted octanol–water partition coefficient (Wildman–Crippen LogP) is 6.03. The third kappa shape index (κ3) is 1.94. The largest absolute Gasteiger partial charge is 0.439 e. The standard InChI is InChI=1S/C38H22N7O/c1-21-19-31-30-16-7-17-32-43(30)45(44(31)40-21)35-34-29(20-39-36(35)46-32)38(26-13-4-2-9-22(26)23-10-3-5-14-27(23)38)28-15-6-11-24-25-12-8-18-41(45)37(25)42(34)33(24)28/h2-20H,1H3/q+3. The molecule has 0 radical (unpaired) electrons. The van der Waals surface area contributed by atoms with E-state index in [-0.39, 0.29) is 4.81 Å². The Hall–Kier alpha value is -6.12. The molecule has 0 amide bonds. The van der Waals surface area contributed by atoms with Crippen LogP contribution in [0.1, 0.15) is 27.9 Å². The molecule has 0 bridgehead atoms. The van der Waals surface area contributed by atoms with E-state index < -0.39 is 5.41 Å². The zero-order valence-corrected chi connectivity index (χ0v) is 24.5. The van der Waals surface area contributed by atoms with Gasteiger partial charge in [0.15, 0.2) is 6.20 Å². The Labute approximate surface area is 261 Å². The number of aryl methyl sites for hydroxylation is 1. The van der Waals surface area contributed by atoms with Crippen LogP contribution < -0.4 is 18.9 Å². The SMILES string of the molecule is Cc1cc2n(n1)[N+]13c4c(ncc5c4-n4c6c(cccc6c6ccc[n+]1c64)C51c4ccccc4-c4ccccc41)Oc1cccc-2[n+]13. The minimum atomic E-state index is -0.576. The van der Waals surface area contributed by atoms with E-state index in [4.69, 9.17) is 14.8 Å². The molecule has 3 aromatic carbocycles. The van der Waals surface area contributed by atoms with Gasteiger partial charge in [0.2, 0.25) is 16.2 Å². The zero-order chi connectivity index (χ0) is 29.7. The van der Waals surface area contributed by atoms with Gasteiger partial charge in [-0.15, -0.1) is 5.10 Å². The molecule has 0 saturated carbocycles.